The van der Waals surface area contributed by atoms with Crippen LogP contribution in [0.2, 0.25) is 5.35 Å². The fraction of sp³-hybridized carbons (Fsp3) is 0.100. The molecule has 0 aliphatic carbocycles. The lowest BCUT2D eigenvalue weighted by molar-refractivity contribution is 0.0601. The number of hydrogen-bond donors (Lipinski definition) is 0. The van der Waals surface area contributed by atoms with E-state index in [9.17, 15) is 4.79 Å². The number of hydrogen-bond acceptors (Lipinski definition) is 5. The Morgan fingerprint density at radius 3 is 2.56 bits per heavy atom. The topological polar surface area (TPSA) is 65.2 Å². The molecule has 0 bridgehead atoms. The maximum absolute atomic E-state index is 11.2. The number of aromatic nitrogens is 2. The molecule has 0 N–H and O–H groups in total. The maximum atomic E-state index is 11.2. The van der Waals surface area contributed by atoms with Crippen molar-refractivity contribution < 1.29 is 14.1 Å². The van der Waals surface area contributed by atoms with Crippen LogP contribution in [-0.4, -0.2) is 23.2 Å². The zero-order valence-corrected chi connectivity index (χ0v) is 9.06. The van der Waals surface area contributed by atoms with E-state index in [0.29, 0.717) is 17.0 Å². The van der Waals surface area contributed by atoms with Crippen molar-refractivity contribution in [1.29, 1.82) is 0 Å². The maximum Gasteiger partial charge on any atom is 0.337 e. The van der Waals surface area contributed by atoms with E-state index in [-0.39, 0.29) is 5.35 Å². The molecule has 16 heavy (non-hydrogen) atoms. The molecule has 0 amide bonds. The second kappa shape index (κ2) is 4.32. The average Bonchev–Trinajstić information content (AvgIpc) is 2.75. The van der Waals surface area contributed by atoms with Gasteiger partial charge in [-0.25, -0.2) is 4.79 Å². The summed E-state index contributed by atoms with van der Waals surface area (Å²) in [6, 6.07) is 6.61. The largest absolute Gasteiger partial charge is 0.465 e. The molecule has 0 radical (unpaired) electrons. The number of carbonyl (C=O) groups is 1. The normalized spacial score (nSPS) is 10.1. The molecule has 0 aliphatic heterocycles. The summed E-state index contributed by atoms with van der Waals surface area (Å²) < 4.78 is 9.21. The first kappa shape index (κ1) is 10.6. The third kappa shape index (κ3) is 2.04. The van der Waals surface area contributed by atoms with Crippen LogP contribution in [0.25, 0.3) is 11.4 Å². The predicted molar refractivity (Wildman–Crippen MR) is 56.1 cm³/mol. The Morgan fingerprint density at radius 1 is 1.38 bits per heavy atom. The van der Waals surface area contributed by atoms with Crippen LogP contribution < -0.4 is 0 Å². The average molecular weight is 239 g/mol. The number of benzene rings is 1. The van der Waals surface area contributed by atoms with Gasteiger partial charge in [-0.3, -0.25) is 0 Å². The fourth-order valence-electron chi connectivity index (χ4n) is 1.20. The summed E-state index contributed by atoms with van der Waals surface area (Å²) in [6.45, 7) is 0. The third-order valence-electron chi connectivity index (χ3n) is 1.97. The van der Waals surface area contributed by atoms with Crippen molar-refractivity contribution in [1.82, 2.24) is 10.1 Å². The van der Waals surface area contributed by atoms with Crippen LogP contribution in [-0.2, 0) is 4.74 Å². The number of carbonyl (C=O) groups excluding carboxylic acids is 1. The van der Waals surface area contributed by atoms with Gasteiger partial charge in [0.1, 0.15) is 0 Å². The van der Waals surface area contributed by atoms with Gasteiger partial charge >= 0.3 is 11.3 Å². The third-order valence-corrected chi connectivity index (χ3v) is 2.12. The molecule has 1 heterocycles. The summed E-state index contributed by atoms with van der Waals surface area (Å²) in [5.41, 5.74) is 1.17. The summed E-state index contributed by atoms with van der Waals surface area (Å²) in [5, 5.41) is 3.63. The molecular formula is C10H7ClN2O3. The number of methoxy groups -OCH3 is 1. The molecule has 5 nitrogen and oxygen atoms in total. The second-order valence-corrected chi connectivity index (χ2v) is 3.26. The van der Waals surface area contributed by atoms with Gasteiger partial charge in [0, 0.05) is 5.56 Å². The molecule has 0 atom stereocenters. The second-order valence-electron chi connectivity index (χ2n) is 2.94. The Kier molecular flexibility index (Phi) is 2.87. The van der Waals surface area contributed by atoms with Crippen molar-refractivity contribution in [2.45, 2.75) is 0 Å². The number of halogens is 1. The highest BCUT2D eigenvalue weighted by atomic mass is 35.5. The summed E-state index contributed by atoms with van der Waals surface area (Å²) >= 11 is 5.50. The molecule has 1 aromatic heterocycles. The van der Waals surface area contributed by atoms with E-state index in [4.69, 9.17) is 11.6 Å². The van der Waals surface area contributed by atoms with E-state index in [0.717, 1.165) is 0 Å². The van der Waals surface area contributed by atoms with Crippen LogP contribution in [0.3, 0.4) is 0 Å². The van der Waals surface area contributed by atoms with Gasteiger partial charge in [0.05, 0.1) is 12.7 Å². The van der Waals surface area contributed by atoms with E-state index in [1.165, 1.54) is 7.11 Å². The summed E-state index contributed by atoms with van der Waals surface area (Å²) in [5.74, 6) is -0.0147. The van der Waals surface area contributed by atoms with Crippen molar-refractivity contribution in [2.24, 2.45) is 0 Å². The van der Waals surface area contributed by atoms with Crippen molar-refractivity contribution in [3.63, 3.8) is 0 Å². The molecule has 1 aromatic carbocycles. The van der Waals surface area contributed by atoms with E-state index in [1.54, 1.807) is 24.3 Å². The van der Waals surface area contributed by atoms with Gasteiger partial charge in [0.2, 0.25) is 5.82 Å². The van der Waals surface area contributed by atoms with Gasteiger partial charge in [0.25, 0.3) is 0 Å². The molecule has 0 aliphatic rings. The smallest absolute Gasteiger partial charge is 0.337 e. The lowest BCUT2D eigenvalue weighted by Gasteiger charge is -1.99. The molecule has 82 valence electrons. The highest BCUT2D eigenvalue weighted by Gasteiger charge is 2.08. The van der Waals surface area contributed by atoms with E-state index in [2.05, 4.69) is 19.4 Å². The lowest BCUT2D eigenvalue weighted by Crippen LogP contribution is -2.00. The Labute approximate surface area is 96.0 Å². The molecule has 6 heteroatoms. The van der Waals surface area contributed by atoms with Gasteiger partial charge in [-0.1, -0.05) is 17.3 Å². The zero-order chi connectivity index (χ0) is 11.5. The van der Waals surface area contributed by atoms with Crippen LogP contribution in [0, 0.1) is 0 Å². The van der Waals surface area contributed by atoms with Crippen LogP contribution in [0.15, 0.2) is 28.8 Å². The minimum atomic E-state index is -0.391. The summed E-state index contributed by atoms with van der Waals surface area (Å²) in [7, 11) is 1.33. The minimum Gasteiger partial charge on any atom is -0.465 e. The summed E-state index contributed by atoms with van der Waals surface area (Å²) in [4.78, 5) is 15.0. The molecule has 0 unspecified atom stereocenters. The highest BCUT2D eigenvalue weighted by molar-refractivity contribution is 6.27. The SMILES string of the molecule is COC(=O)c1ccc(-c2noc(Cl)n2)cc1. The van der Waals surface area contributed by atoms with Gasteiger partial charge in [0.15, 0.2) is 0 Å². The Morgan fingerprint density at radius 2 is 2.06 bits per heavy atom. The fourth-order valence-corrected chi connectivity index (χ4v) is 1.31. The van der Waals surface area contributed by atoms with Crippen LogP contribution in [0.4, 0.5) is 0 Å². The van der Waals surface area contributed by atoms with E-state index < -0.39 is 5.97 Å². The Bertz CT molecular complexity index is 507. The first-order chi connectivity index (χ1) is 7.70. The number of esters is 1. The first-order valence-corrected chi connectivity index (χ1v) is 4.76. The van der Waals surface area contributed by atoms with Crippen LogP contribution in [0.1, 0.15) is 10.4 Å². The van der Waals surface area contributed by atoms with Gasteiger partial charge in [-0.2, -0.15) is 4.98 Å². The Balaban J connectivity index is 2.29. The van der Waals surface area contributed by atoms with Crippen molar-refractivity contribution in [3.8, 4) is 11.4 Å². The van der Waals surface area contributed by atoms with Crippen molar-refractivity contribution in [2.75, 3.05) is 7.11 Å². The van der Waals surface area contributed by atoms with Crippen LogP contribution >= 0.6 is 11.6 Å². The van der Waals surface area contributed by atoms with E-state index in [1.807, 2.05) is 0 Å². The van der Waals surface area contributed by atoms with Crippen molar-refractivity contribution in [3.05, 3.63) is 35.2 Å². The molecule has 2 rings (SSSR count). The van der Waals surface area contributed by atoms with Crippen molar-refractivity contribution >= 4 is 17.6 Å². The quantitative estimate of drug-likeness (QED) is 0.751. The van der Waals surface area contributed by atoms with Crippen LogP contribution in [0.5, 0.6) is 0 Å². The van der Waals surface area contributed by atoms with Gasteiger partial charge < -0.3 is 9.26 Å². The molecule has 0 spiro atoms. The highest BCUT2D eigenvalue weighted by Crippen LogP contribution is 2.18. The summed E-state index contributed by atoms with van der Waals surface area (Å²) in [6.07, 6.45) is 0. The zero-order valence-electron chi connectivity index (χ0n) is 8.31. The minimum absolute atomic E-state index is 0.0213. The molecule has 0 saturated heterocycles. The lowest BCUT2D eigenvalue weighted by atomic mass is 10.1. The number of nitrogens with zero attached hydrogens (tertiary/aromatic N) is 2. The van der Waals surface area contributed by atoms with E-state index >= 15 is 0 Å². The monoisotopic (exact) mass is 238 g/mol. The predicted octanol–water partition coefficient (Wildman–Crippen LogP) is 2.18. The number of rotatable bonds is 2. The molecule has 0 saturated carbocycles. The molecule has 0 fully saturated rings. The Hall–Kier alpha value is -1.88. The molecule has 2 aromatic rings. The van der Waals surface area contributed by atoms with Gasteiger partial charge in [-0.15, -0.1) is 0 Å². The number of ether oxygens (including phenoxy) is 1. The van der Waals surface area contributed by atoms with Gasteiger partial charge in [-0.05, 0) is 23.7 Å². The first-order valence-electron chi connectivity index (χ1n) is 4.38. The molecular weight excluding hydrogens is 232 g/mol. The standard InChI is InChI=1S/C10H7ClN2O3/c1-15-9(14)7-4-2-6(3-5-7)8-12-10(11)16-13-8/h2-5H,1H3.